The molecule has 0 aliphatic carbocycles. The topological polar surface area (TPSA) is 103 Å². The number of aryl methyl sites for hydroxylation is 1. The predicted molar refractivity (Wildman–Crippen MR) is 81.5 cm³/mol. The van der Waals surface area contributed by atoms with E-state index in [4.69, 9.17) is 17.2 Å². The largest absolute Gasteiger partial charge is 0.370 e. The lowest BCUT2D eigenvalue weighted by Gasteiger charge is -2.10. The molecule has 0 saturated carbocycles. The molecule has 7 heteroatoms. The number of halogens is 1. The molecule has 0 aromatic heterocycles. The van der Waals surface area contributed by atoms with Crippen molar-refractivity contribution in [3.8, 4) is 0 Å². The van der Waals surface area contributed by atoms with Crippen LogP contribution in [0.1, 0.15) is 24.1 Å². The van der Waals surface area contributed by atoms with E-state index in [0.717, 1.165) is 16.0 Å². The molecule has 0 aliphatic heterocycles. The van der Waals surface area contributed by atoms with Crippen molar-refractivity contribution in [1.29, 1.82) is 0 Å². The number of rotatable bonds is 2. The van der Waals surface area contributed by atoms with Crippen molar-refractivity contribution in [1.82, 2.24) is 0 Å². The molecule has 1 rings (SSSR count). The summed E-state index contributed by atoms with van der Waals surface area (Å²) in [6.45, 7) is 3.91. The molecule has 0 spiro atoms. The van der Waals surface area contributed by atoms with Crippen LogP contribution >= 0.6 is 25.0 Å². The van der Waals surface area contributed by atoms with E-state index in [2.05, 4.69) is 22.6 Å². The molecular weight excluding hydrogens is 270 g/mol. The summed E-state index contributed by atoms with van der Waals surface area (Å²) in [6, 6.07) is 5.79. The van der Waals surface area contributed by atoms with E-state index in [1.54, 1.807) is 0 Å². The van der Waals surface area contributed by atoms with Crippen LogP contribution in [0.4, 0.5) is 0 Å². The third kappa shape index (κ3) is 4.85. The zero-order valence-corrected chi connectivity index (χ0v) is 12.0. The van der Waals surface area contributed by atoms with Crippen molar-refractivity contribution in [2.45, 2.75) is 24.8 Å². The van der Waals surface area contributed by atoms with Crippen LogP contribution in [0.5, 0.6) is 0 Å². The second kappa shape index (κ2) is 7.13. The van der Waals surface area contributed by atoms with Crippen LogP contribution in [0.2, 0.25) is 0 Å². The van der Waals surface area contributed by atoms with Crippen LogP contribution in [0.15, 0.2) is 33.1 Å². The number of thiol groups is 1. The summed E-state index contributed by atoms with van der Waals surface area (Å²) < 4.78 is 0. The van der Waals surface area contributed by atoms with Gasteiger partial charge in [-0.1, -0.05) is 17.7 Å². The number of guanidine groups is 2. The second-order valence-corrected chi connectivity index (χ2v) is 4.24. The molecule has 1 aromatic rings. The Morgan fingerprint density at radius 1 is 1.28 bits per heavy atom. The van der Waals surface area contributed by atoms with E-state index in [0.29, 0.717) is 0 Å². The number of nitrogens with two attached hydrogens (primary N) is 3. The zero-order chi connectivity index (χ0) is 13.0. The molecule has 100 valence electrons. The fraction of sp³-hybridized carbons (Fsp3) is 0.273. The Labute approximate surface area is 118 Å². The van der Waals surface area contributed by atoms with Gasteiger partial charge in [0.2, 0.25) is 5.96 Å². The van der Waals surface area contributed by atoms with Gasteiger partial charge in [-0.15, -0.1) is 25.0 Å². The first kappa shape index (κ1) is 16.6. The van der Waals surface area contributed by atoms with Crippen molar-refractivity contribution in [3.63, 3.8) is 0 Å². The SMILES string of the molecule is Cc1ccc(C(C)N=C(N)N=C(N)N)c(S)c1.Cl. The molecule has 6 N–H and O–H groups in total. The molecule has 1 unspecified atom stereocenters. The van der Waals surface area contributed by atoms with Crippen LogP contribution in [-0.4, -0.2) is 11.9 Å². The summed E-state index contributed by atoms with van der Waals surface area (Å²) in [4.78, 5) is 8.71. The Bertz CT molecular complexity index is 469. The molecule has 0 fully saturated rings. The lowest BCUT2D eigenvalue weighted by molar-refractivity contribution is 0.795. The molecule has 5 nitrogen and oxygen atoms in total. The smallest absolute Gasteiger partial charge is 0.219 e. The number of hydrogen-bond acceptors (Lipinski definition) is 2. The van der Waals surface area contributed by atoms with E-state index < -0.39 is 0 Å². The maximum Gasteiger partial charge on any atom is 0.219 e. The first-order valence-electron chi connectivity index (χ1n) is 5.12. The fourth-order valence-electron chi connectivity index (χ4n) is 1.44. The number of nitrogens with zero attached hydrogens (tertiary/aromatic N) is 2. The van der Waals surface area contributed by atoms with Crippen LogP contribution in [0.25, 0.3) is 0 Å². The van der Waals surface area contributed by atoms with Crippen molar-refractivity contribution in [2.75, 3.05) is 0 Å². The van der Waals surface area contributed by atoms with E-state index in [1.165, 1.54) is 0 Å². The summed E-state index contributed by atoms with van der Waals surface area (Å²) in [5.74, 6) is -0.0424. The van der Waals surface area contributed by atoms with Crippen molar-refractivity contribution >= 4 is 37.0 Å². The van der Waals surface area contributed by atoms with Gasteiger partial charge in [0, 0.05) is 4.90 Å². The number of aliphatic imine (C=N–C) groups is 2. The van der Waals surface area contributed by atoms with Crippen LogP contribution in [0.3, 0.4) is 0 Å². The Kier molecular flexibility index (Phi) is 6.57. The minimum Gasteiger partial charge on any atom is -0.370 e. The molecule has 1 atom stereocenters. The third-order valence-electron chi connectivity index (χ3n) is 2.21. The normalized spacial score (nSPS) is 12.5. The van der Waals surface area contributed by atoms with Gasteiger partial charge in [0.25, 0.3) is 0 Å². The standard InChI is InChI=1S/C11H17N5S.ClH/c1-6-3-4-8(9(17)5-6)7(2)15-11(14)16-10(12)13;/h3-5,7,17H,1-2H3,(H6,12,13,14,15,16);1H. The molecule has 0 heterocycles. The van der Waals surface area contributed by atoms with E-state index in [9.17, 15) is 0 Å². The van der Waals surface area contributed by atoms with Crippen LogP contribution in [0, 0.1) is 6.92 Å². The van der Waals surface area contributed by atoms with Crippen molar-refractivity contribution in [2.24, 2.45) is 27.2 Å². The summed E-state index contributed by atoms with van der Waals surface area (Å²) >= 11 is 4.40. The molecule has 0 amide bonds. The molecule has 0 saturated heterocycles. The van der Waals surface area contributed by atoms with Crippen molar-refractivity contribution < 1.29 is 0 Å². The van der Waals surface area contributed by atoms with E-state index in [-0.39, 0.29) is 30.4 Å². The minimum atomic E-state index is -0.147. The molecule has 0 radical (unpaired) electrons. The molecule has 0 aliphatic rings. The second-order valence-electron chi connectivity index (χ2n) is 3.76. The van der Waals surface area contributed by atoms with Gasteiger partial charge in [-0.05, 0) is 25.5 Å². The Hall–Kier alpha value is -1.40. The van der Waals surface area contributed by atoms with E-state index >= 15 is 0 Å². The maximum absolute atomic E-state index is 5.57. The number of benzene rings is 1. The van der Waals surface area contributed by atoms with Crippen LogP contribution in [-0.2, 0) is 0 Å². The maximum atomic E-state index is 5.57. The van der Waals surface area contributed by atoms with Crippen molar-refractivity contribution in [3.05, 3.63) is 29.3 Å². The van der Waals surface area contributed by atoms with E-state index in [1.807, 2.05) is 32.0 Å². The highest BCUT2D eigenvalue weighted by molar-refractivity contribution is 7.80. The molecule has 1 aromatic carbocycles. The fourth-order valence-corrected chi connectivity index (χ4v) is 1.90. The molecule has 0 bridgehead atoms. The summed E-state index contributed by atoms with van der Waals surface area (Å²) in [5.41, 5.74) is 18.1. The van der Waals surface area contributed by atoms with Gasteiger partial charge < -0.3 is 17.2 Å². The average molecular weight is 288 g/mol. The summed E-state index contributed by atoms with van der Waals surface area (Å²) in [6.07, 6.45) is 0. The van der Waals surface area contributed by atoms with Gasteiger partial charge in [0.05, 0.1) is 6.04 Å². The summed E-state index contributed by atoms with van der Waals surface area (Å²) in [5, 5.41) is 0. The van der Waals surface area contributed by atoms with Gasteiger partial charge in [-0.25, -0.2) is 4.99 Å². The van der Waals surface area contributed by atoms with Gasteiger partial charge >= 0.3 is 0 Å². The monoisotopic (exact) mass is 287 g/mol. The Balaban J connectivity index is 0.00000289. The van der Waals surface area contributed by atoms with Gasteiger partial charge in [-0.3, -0.25) is 0 Å². The number of hydrogen-bond donors (Lipinski definition) is 4. The molecular formula is C11H18ClN5S. The highest BCUT2D eigenvalue weighted by Crippen LogP contribution is 2.24. The highest BCUT2D eigenvalue weighted by atomic mass is 35.5. The van der Waals surface area contributed by atoms with Gasteiger partial charge in [0.1, 0.15) is 0 Å². The van der Waals surface area contributed by atoms with Gasteiger partial charge in [-0.2, -0.15) is 4.99 Å². The first-order chi connectivity index (χ1) is 7.90. The summed E-state index contributed by atoms with van der Waals surface area (Å²) in [7, 11) is 0. The zero-order valence-electron chi connectivity index (χ0n) is 10.3. The van der Waals surface area contributed by atoms with Crippen LogP contribution < -0.4 is 17.2 Å². The van der Waals surface area contributed by atoms with Gasteiger partial charge in [0.15, 0.2) is 5.96 Å². The molecule has 18 heavy (non-hydrogen) atoms. The first-order valence-corrected chi connectivity index (χ1v) is 5.57. The quantitative estimate of drug-likeness (QED) is 0.375. The lowest BCUT2D eigenvalue weighted by atomic mass is 10.1. The third-order valence-corrected chi connectivity index (χ3v) is 2.59. The average Bonchev–Trinajstić information content (AvgIpc) is 2.15. The Morgan fingerprint density at radius 3 is 2.39 bits per heavy atom. The highest BCUT2D eigenvalue weighted by Gasteiger charge is 2.08. The Morgan fingerprint density at radius 2 is 1.89 bits per heavy atom. The lowest BCUT2D eigenvalue weighted by Crippen LogP contribution is -2.26. The predicted octanol–water partition coefficient (Wildman–Crippen LogP) is 1.35. The minimum absolute atomic E-state index is 0.